The van der Waals surface area contributed by atoms with Gasteiger partial charge < -0.3 is 20.9 Å². The molecule has 0 amide bonds. The number of rotatable bonds is 8. The van der Waals surface area contributed by atoms with E-state index in [4.69, 9.17) is 44.1 Å². The second-order valence-electron chi connectivity index (χ2n) is 5.25. The number of hydrogen-bond donors (Lipinski definition) is 2. The van der Waals surface area contributed by atoms with Crippen LogP contribution in [0.2, 0.25) is 10.0 Å². The Balaban J connectivity index is 1.93. The Kier molecular flexibility index (Phi) is 6.48. The van der Waals surface area contributed by atoms with E-state index in [9.17, 15) is 20.2 Å². The molecule has 2 aromatic rings. The molecular formula is C15H14Cl2N4O6. The second-order valence-corrected chi connectivity index (χ2v) is 6.06. The van der Waals surface area contributed by atoms with Gasteiger partial charge in [0.1, 0.15) is 21.5 Å². The first kappa shape index (κ1) is 20.3. The van der Waals surface area contributed by atoms with Crippen molar-refractivity contribution >= 4 is 46.0 Å². The molecule has 0 spiro atoms. The minimum atomic E-state index is -0.645. The average molecular weight is 417 g/mol. The van der Waals surface area contributed by atoms with E-state index in [0.717, 1.165) is 12.1 Å². The van der Waals surface area contributed by atoms with Gasteiger partial charge in [0.25, 0.3) is 11.4 Å². The standard InChI is InChI=1S/C15H14Cl2N4O6/c16-8-4-10(18)14(6-12(8)20(22)23)26-2-1-3-27-15-7-13(21(24)25)9(17)5-11(15)19/h4-7H,1-3,18-19H2. The van der Waals surface area contributed by atoms with Crippen LogP contribution in [0.4, 0.5) is 22.7 Å². The highest BCUT2D eigenvalue weighted by atomic mass is 35.5. The van der Waals surface area contributed by atoms with Gasteiger partial charge in [-0.1, -0.05) is 23.2 Å². The summed E-state index contributed by atoms with van der Waals surface area (Å²) in [5, 5.41) is 21.6. The van der Waals surface area contributed by atoms with Gasteiger partial charge in [-0.05, 0) is 12.1 Å². The average Bonchev–Trinajstić information content (AvgIpc) is 2.57. The van der Waals surface area contributed by atoms with Crippen molar-refractivity contribution < 1.29 is 19.3 Å². The van der Waals surface area contributed by atoms with Crippen molar-refractivity contribution in [1.29, 1.82) is 0 Å². The molecule has 144 valence electrons. The maximum Gasteiger partial charge on any atom is 0.291 e. The van der Waals surface area contributed by atoms with E-state index in [1.165, 1.54) is 12.1 Å². The fourth-order valence-electron chi connectivity index (χ4n) is 2.07. The van der Waals surface area contributed by atoms with Crippen LogP contribution in [-0.2, 0) is 0 Å². The summed E-state index contributed by atoms with van der Waals surface area (Å²) in [5.41, 5.74) is 11.1. The number of halogens is 2. The number of ether oxygens (including phenoxy) is 2. The molecule has 27 heavy (non-hydrogen) atoms. The van der Waals surface area contributed by atoms with Crippen molar-refractivity contribution in [2.24, 2.45) is 0 Å². The third-order valence-corrected chi connectivity index (χ3v) is 3.96. The third kappa shape index (κ3) is 5.02. The van der Waals surface area contributed by atoms with Gasteiger partial charge in [-0.15, -0.1) is 0 Å². The van der Waals surface area contributed by atoms with Crippen molar-refractivity contribution in [2.75, 3.05) is 24.7 Å². The van der Waals surface area contributed by atoms with Crippen molar-refractivity contribution in [2.45, 2.75) is 6.42 Å². The summed E-state index contributed by atoms with van der Waals surface area (Å²) in [6, 6.07) is 4.75. The molecular weight excluding hydrogens is 403 g/mol. The number of nitrogens with zero attached hydrogens (tertiary/aromatic N) is 2. The molecule has 4 N–H and O–H groups in total. The molecule has 0 heterocycles. The Morgan fingerprint density at radius 2 is 1.19 bits per heavy atom. The van der Waals surface area contributed by atoms with E-state index in [2.05, 4.69) is 0 Å². The van der Waals surface area contributed by atoms with Crippen molar-refractivity contribution in [3.05, 3.63) is 54.5 Å². The van der Waals surface area contributed by atoms with E-state index >= 15 is 0 Å². The zero-order valence-corrected chi connectivity index (χ0v) is 15.2. The highest BCUT2D eigenvalue weighted by Gasteiger charge is 2.18. The maximum absolute atomic E-state index is 10.9. The molecule has 0 unspecified atom stereocenters. The number of hydrogen-bond acceptors (Lipinski definition) is 8. The van der Waals surface area contributed by atoms with Crippen molar-refractivity contribution in [1.82, 2.24) is 0 Å². The van der Waals surface area contributed by atoms with E-state index in [0.29, 0.717) is 6.42 Å². The van der Waals surface area contributed by atoms with Gasteiger partial charge >= 0.3 is 0 Å². The van der Waals surface area contributed by atoms with Crippen molar-refractivity contribution in [3.63, 3.8) is 0 Å². The summed E-state index contributed by atoms with van der Waals surface area (Å²) in [7, 11) is 0. The van der Waals surface area contributed by atoms with E-state index < -0.39 is 9.85 Å². The molecule has 0 aliphatic rings. The first-order valence-corrected chi connectivity index (χ1v) is 8.18. The van der Waals surface area contributed by atoms with Crippen LogP contribution in [0.25, 0.3) is 0 Å². The molecule has 0 saturated carbocycles. The zero-order chi connectivity index (χ0) is 20.1. The predicted molar refractivity (Wildman–Crippen MR) is 101 cm³/mol. The fourth-order valence-corrected chi connectivity index (χ4v) is 2.55. The quantitative estimate of drug-likeness (QED) is 0.284. The van der Waals surface area contributed by atoms with Gasteiger partial charge in [-0.25, -0.2) is 0 Å². The lowest BCUT2D eigenvalue weighted by Gasteiger charge is -2.11. The number of anilines is 2. The summed E-state index contributed by atoms with van der Waals surface area (Å²) >= 11 is 11.5. The molecule has 10 nitrogen and oxygen atoms in total. The van der Waals surface area contributed by atoms with Gasteiger partial charge in [0, 0.05) is 6.42 Å². The first-order valence-electron chi connectivity index (χ1n) is 7.43. The summed E-state index contributed by atoms with van der Waals surface area (Å²) in [5.74, 6) is 0.237. The van der Waals surface area contributed by atoms with E-state index in [1.54, 1.807) is 0 Å². The second kappa shape index (κ2) is 8.60. The SMILES string of the molecule is Nc1cc(Cl)c([N+](=O)[O-])cc1OCCCOc1cc([N+](=O)[O-])c(Cl)cc1N. The van der Waals surface area contributed by atoms with Crippen LogP contribution in [0, 0.1) is 20.2 Å². The Morgan fingerprint density at radius 1 is 0.815 bits per heavy atom. The Hall–Kier alpha value is -2.98. The van der Waals surface area contributed by atoms with E-state index in [1.807, 2.05) is 0 Å². The molecule has 0 fully saturated rings. The molecule has 0 bridgehead atoms. The number of nitro benzene ring substituents is 2. The largest absolute Gasteiger partial charge is 0.491 e. The van der Waals surface area contributed by atoms with Gasteiger partial charge in [0.15, 0.2) is 0 Å². The van der Waals surface area contributed by atoms with Crippen LogP contribution in [-0.4, -0.2) is 23.1 Å². The van der Waals surface area contributed by atoms with Crippen LogP contribution in [0.1, 0.15) is 6.42 Å². The molecule has 2 rings (SSSR count). The monoisotopic (exact) mass is 416 g/mol. The predicted octanol–water partition coefficient (Wildman–Crippen LogP) is 3.82. The molecule has 2 aromatic carbocycles. The van der Waals surface area contributed by atoms with Crippen molar-refractivity contribution in [3.8, 4) is 11.5 Å². The smallest absolute Gasteiger partial charge is 0.291 e. The molecule has 0 saturated heterocycles. The highest BCUT2D eigenvalue weighted by Crippen LogP contribution is 2.35. The molecule has 12 heteroatoms. The topological polar surface area (TPSA) is 157 Å². The number of nitro groups is 2. The van der Waals surface area contributed by atoms with Gasteiger partial charge in [-0.3, -0.25) is 20.2 Å². The van der Waals surface area contributed by atoms with Crippen LogP contribution < -0.4 is 20.9 Å². The first-order chi connectivity index (χ1) is 12.7. The molecule has 0 radical (unpaired) electrons. The number of benzene rings is 2. The van der Waals surface area contributed by atoms with Crippen LogP contribution in [0.5, 0.6) is 11.5 Å². The Morgan fingerprint density at radius 3 is 1.52 bits per heavy atom. The summed E-state index contributed by atoms with van der Waals surface area (Å²) < 4.78 is 10.8. The summed E-state index contributed by atoms with van der Waals surface area (Å²) in [6.07, 6.45) is 0.353. The van der Waals surface area contributed by atoms with Crippen LogP contribution >= 0.6 is 23.2 Å². The fraction of sp³-hybridized carbons (Fsp3) is 0.200. The summed E-state index contributed by atoms with van der Waals surface area (Å²) in [4.78, 5) is 20.5. The third-order valence-electron chi connectivity index (χ3n) is 3.36. The van der Waals surface area contributed by atoms with Crippen LogP contribution in [0.15, 0.2) is 24.3 Å². The lowest BCUT2D eigenvalue weighted by atomic mass is 10.2. The molecule has 0 aliphatic heterocycles. The van der Waals surface area contributed by atoms with Gasteiger partial charge in [0.05, 0.1) is 46.6 Å². The van der Waals surface area contributed by atoms with Gasteiger partial charge in [0.2, 0.25) is 0 Å². The Bertz CT molecular complexity index is 822. The maximum atomic E-state index is 10.9. The normalized spacial score (nSPS) is 10.4. The van der Waals surface area contributed by atoms with Gasteiger partial charge in [-0.2, -0.15) is 0 Å². The zero-order valence-electron chi connectivity index (χ0n) is 13.7. The minimum absolute atomic E-state index is 0.0898. The lowest BCUT2D eigenvalue weighted by molar-refractivity contribution is -0.384. The minimum Gasteiger partial charge on any atom is -0.491 e. The summed E-state index contributed by atoms with van der Waals surface area (Å²) in [6.45, 7) is 0.247. The lowest BCUT2D eigenvalue weighted by Crippen LogP contribution is -2.07. The Labute approximate surface area is 162 Å². The van der Waals surface area contributed by atoms with Crippen LogP contribution in [0.3, 0.4) is 0 Å². The number of nitrogen functional groups attached to an aromatic ring is 2. The number of nitrogens with two attached hydrogens (primary N) is 2. The van der Waals surface area contributed by atoms with E-state index in [-0.39, 0.29) is 57.5 Å². The molecule has 0 aromatic heterocycles. The molecule has 0 aliphatic carbocycles. The highest BCUT2D eigenvalue weighted by molar-refractivity contribution is 6.33. The molecule has 0 atom stereocenters.